The number of benzene rings is 3. The summed E-state index contributed by atoms with van der Waals surface area (Å²) in [5, 5.41) is 14.0. The second-order valence-corrected chi connectivity index (χ2v) is 8.87. The van der Waals surface area contributed by atoms with Gasteiger partial charge in [0.1, 0.15) is 5.75 Å². The molecule has 34 heavy (non-hydrogen) atoms. The van der Waals surface area contributed by atoms with Crippen LogP contribution >= 0.6 is 0 Å². The summed E-state index contributed by atoms with van der Waals surface area (Å²) in [6.45, 7) is 4.29. The lowest BCUT2D eigenvalue weighted by molar-refractivity contribution is -0.118. The molecule has 0 unspecified atom stereocenters. The number of piperidine rings is 1. The van der Waals surface area contributed by atoms with Crippen LogP contribution in [0.2, 0.25) is 0 Å². The van der Waals surface area contributed by atoms with Gasteiger partial charge in [-0.15, -0.1) is 10.2 Å². The number of hydrogen-bond donors (Lipinski definition) is 1. The van der Waals surface area contributed by atoms with Gasteiger partial charge in [0.25, 0.3) is 5.91 Å². The number of aromatic nitrogens is 2. The minimum absolute atomic E-state index is 0.0640. The molecule has 2 heterocycles. The molecule has 6 heteroatoms. The Labute approximate surface area is 199 Å². The van der Waals surface area contributed by atoms with Crippen molar-refractivity contribution in [3.63, 3.8) is 0 Å². The van der Waals surface area contributed by atoms with Crippen molar-refractivity contribution in [2.75, 3.05) is 29.9 Å². The largest absolute Gasteiger partial charge is 0.484 e. The number of carbonyl (C=O) groups excluding carboxylic acids is 1. The van der Waals surface area contributed by atoms with Gasteiger partial charge < -0.3 is 15.0 Å². The molecule has 5 rings (SSSR count). The molecule has 1 aliphatic heterocycles. The molecule has 0 radical (unpaired) electrons. The molecule has 172 valence electrons. The van der Waals surface area contributed by atoms with Crippen LogP contribution in [-0.2, 0) is 4.79 Å². The molecule has 4 aromatic rings. The predicted octanol–water partition coefficient (Wildman–Crippen LogP) is 5.55. The molecular weight excluding hydrogens is 424 g/mol. The molecule has 0 bridgehead atoms. The SMILES string of the molecule is CC1CCN(c2ccc(-c3cccc(NC(=O)COc4ccc5ccccc5c4)c3)nn2)CC1. The second kappa shape index (κ2) is 9.91. The lowest BCUT2D eigenvalue weighted by Gasteiger charge is -2.30. The van der Waals surface area contributed by atoms with E-state index in [4.69, 9.17) is 4.74 Å². The molecule has 0 saturated carbocycles. The smallest absolute Gasteiger partial charge is 0.262 e. The van der Waals surface area contributed by atoms with Gasteiger partial charge in [0.05, 0.1) is 5.69 Å². The normalized spacial score (nSPS) is 14.2. The summed E-state index contributed by atoms with van der Waals surface area (Å²) in [6.07, 6.45) is 2.38. The van der Waals surface area contributed by atoms with Crippen LogP contribution in [0.15, 0.2) is 78.9 Å². The molecule has 1 amide bonds. The van der Waals surface area contributed by atoms with E-state index in [2.05, 4.69) is 27.3 Å². The maximum absolute atomic E-state index is 12.5. The first-order valence-electron chi connectivity index (χ1n) is 11.7. The summed E-state index contributed by atoms with van der Waals surface area (Å²) in [5.41, 5.74) is 2.37. The Balaban J connectivity index is 1.20. The van der Waals surface area contributed by atoms with Crippen LogP contribution in [0.4, 0.5) is 11.5 Å². The maximum Gasteiger partial charge on any atom is 0.262 e. The van der Waals surface area contributed by atoms with Crippen molar-refractivity contribution in [1.29, 1.82) is 0 Å². The Hall–Kier alpha value is -3.93. The van der Waals surface area contributed by atoms with E-state index in [-0.39, 0.29) is 12.5 Å². The Morgan fingerprint density at radius 3 is 2.56 bits per heavy atom. The van der Waals surface area contributed by atoms with E-state index in [1.54, 1.807) is 0 Å². The Morgan fingerprint density at radius 1 is 0.941 bits per heavy atom. The van der Waals surface area contributed by atoms with E-state index in [1.165, 1.54) is 12.8 Å². The molecule has 0 atom stereocenters. The van der Waals surface area contributed by atoms with Gasteiger partial charge >= 0.3 is 0 Å². The highest BCUT2D eigenvalue weighted by atomic mass is 16.5. The summed E-state index contributed by atoms with van der Waals surface area (Å²) in [7, 11) is 0. The predicted molar refractivity (Wildman–Crippen MR) is 136 cm³/mol. The highest BCUT2D eigenvalue weighted by Crippen LogP contribution is 2.25. The first-order valence-corrected chi connectivity index (χ1v) is 11.7. The molecule has 1 aliphatic rings. The second-order valence-electron chi connectivity index (χ2n) is 8.87. The molecule has 1 aromatic heterocycles. The van der Waals surface area contributed by atoms with E-state index >= 15 is 0 Å². The third-order valence-corrected chi connectivity index (χ3v) is 6.29. The fourth-order valence-electron chi connectivity index (χ4n) is 4.24. The van der Waals surface area contributed by atoms with Crippen molar-refractivity contribution in [1.82, 2.24) is 10.2 Å². The minimum atomic E-state index is -0.217. The van der Waals surface area contributed by atoms with E-state index in [0.29, 0.717) is 11.4 Å². The molecule has 0 spiro atoms. The van der Waals surface area contributed by atoms with Gasteiger partial charge in [0.2, 0.25) is 0 Å². The number of hydrogen-bond acceptors (Lipinski definition) is 5. The average Bonchev–Trinajstić information content (AvgIpc) is 2.88. The third-order valence-electron chi connectivity index (χ3n) is 6.29. The number of anilines is 2. The number of rotatable bonds is 6. The van der Waals surface area contributed by atoms with Gasteiger partial charge in [0.15, 0.2) is 12.4 Å². The molecule has 1 fully saturated rings. The Kier molecular flexibility index (Phi) is 6.38. The van der Waals surface area contributed by atoms with Crippen molar-refractivity contribution in [2.24, 2.45) is 5.92 Å². The summed E-state index contributed by atoms with van der Waals surface area (Å²) in [5.74, 6) is 2.15. The molecule has 1 saturated heterocycles. The van der Waals surface area contributed by atoms with Crippen molar-refractivity contribution in [3.05, 3.63) is 78.9 Å². The minimum Gasteiger partial charge on any atom is -0.484 e. The van der Waals surface area contributed by atoms with Crippen LogP contribution < -0.4 is 15.0 Å². The van der Waals surface area contributed by atoms with Crippen LogP contribution in [0.25, 0.3) is 22.0 Å². The number of nitrogens with one attached hydrogen (secondary N) is 1. The first-order chi connectivity index (χ1) is 16.6. The number of ether oxygens (including phenoxy) is 1. The summed E-state index contributed by atoms with van der Waals surface area (Å²) < 4.78 is 5.70. The van der Waals surface area contributed by atoms with Crippen molar-refractivity contribution in [3.8, 4) is 17.0 Å². The molecular formula is C28H28N4O2. The van der Waals surface area contributed by atoms with E-state index in [1.807, 2.05) is 78.9 Å². The van der Waals surface area contributed by atoms with Gasteiger partial charge in [-0.1, -0.05) is 49.4 Å². The van der Waals surface area contributed by atoms with Crippen LogP contribution in [-0.4, -0.2) is 35.8 Å². The first kappa shape index (κ1) is 21.9. The van der Waals surface area contributed by atoms with Crippen LogP contribution in [0.5, 0.6) is 5.75 Å². The Bertz CT molecular complexity index is 1280. The standard InChI is InChI=1S/C28H28N4O2/c1-20-13-15-32(16-14-20)27-12-11-26(30-31-27)23-7-4-8-24(17-23)29-28(33)19-34-25-10-9-21-5-2-3-6-22(21)18-25/h2-12,17-18,20H,13-16,19H2,1H3,(H,29,33). The zero-order valence-corrected chi connectivity index (χ0v) is 19.3. The lowest BCUT2D eigenvalue weighted by Crippen LogP contribution is -2.33. The zero-order valence-electron chi connectivity index (χ0n) is 19.3. The fourth-order valence-corrected chi connectivity index (χ4v) is 4.24. The Morgan fingerprint density at radius 2 is 1.76 bits per heavy atom. The number of fused-ring (bicyclic) bond motifs is 1. The number of amides is 1. The van der Waals surface area contributed by atoms with E-state index in [0.717, 1.165) is 46.9 Å². The van der Waals surface area contributed by atoms with Crippen LogP contribution in [0.1, 0.15) is 19.8 Å². The maximum atomic E-state index is 12.5. The van der Waals surface area contributed by atoms with Gasteiger partial charge in [-0.2, -0.15) is 0 Å². The molecule has 0 aliphatic carbocycles. The highest BCUT2D eigenvalue weighted by molar-refractivity contribution is 5.92. The van der Waals surface area contributed by atoms with Crippen LogP contribution in [0.3, 0.4) is 0 Å². The van der Waals surface area contributed by atoms with Gasteiger partial charge in [-0.05, 0) is 65.9 Å². The fraction of sp³-hybridized carbons (Fsp3) is 0.250. The van der Waals surface area contributed by atoms with E-state index < -0.39 is 0 Å². The molecule has 3 aromatic carbocycles. The summed E-state index contributed by atoms with van der Waals surface area (Å²) >= 11 is 0. The average molecular weight is 453 g/mol. The number of nitrogens with zero attached hydrogens (tertiary/aromatic N) is 3. The zero-order chi connectivity index (χ0) is 23.3. The van der Waals surface area contributed by atoms with Gasteiger partial charge in [-0.25, -0.2) is 0 Å². The lowest BCUT2D eigenvalue weighted by atomic mass is 9.99. The highest BCUT2D eigenvalue weighted by Gasteiger charge is 2.17. The van der Waals surface area contributed by atoms with Gasteiger partial charge in [-0.3, -0.25) is 4.79 Å². The van der Waals surface area contributed by atoms with Crippen LogP contribution in [0, 0.1) is 5.92 Å². The van der Waals surface area contributed by atoms with Crippen molar-refractivity contribution < 1.29 is 9.53 Å². The monoisotopic (exact) mass is 452 g/mol. The van der Waals surface area contributed by atoms with Crippen molar-refractivity contribution in [2.45, 2.75) is 19.8 Å². The van der Waals surface area contributed by atoms with E-state index in [9.17, 15) is 4.79 Å². The quantitative estimate of drug-likeness (QED) is 0.415. The number of carbonyl (C=O) groups is 1. The summed E-state index contributed by atoms with van der Waals surface area (Å²) in [6, 6.07) is 25.5. The molecule has 6 nitrogen and oxygen atoms in total. The van der Waals surface area contributed by atoms with Crippen molar-refractivity contribution >= 4 is 28.2 Å². The third kappa shape index (κ3) is 5.17. The molecule has 1 N–H and O–H groups in total. The van der Waals surface area contributed by atoms with Gasteiger partial charge in [0, 0.05) is 24.3 Å². The topological polar surface area (TPSA) is 67.4 Å². The summed E-state index contributed by atoms with van der Waals surface area (Å²) in [4.78, 5) is 14.8.